The van der Waals surface area contributed by atoms with Gasteiger partial charge in [0, 0.05) is 12.8 Å². The highest BCUT2D eigenvalue weighted by Crippen LogP contribution is 2.25. The molecule has 5 N–H and O–H groups in total. The van der Waals surface area contributed by atoms with Crippen molar-refractivity contribution in [1.29, 1.82) is 0 Å². The third-order valence-electron chi connectivity index (χ3n) is 8.77. The Morgan fingerprint density at radius 3 is 1.80 bits per heavy atom. The van der Waals surface area contributed by atoms with Gasteiger partial charge in [-0.1, -0.05) is 98.8 Å². The van der Waals surface area contributed by atoms with E-state index in [1.165, 1.54) is 58.8 Å². The van der Waals surface area contributed by atoms with Gasteiger partial charge < -0.3 is 35.6 Å². The Kier molecular flexibility index (Phi) is 19.7. The zero-order valence-corrected chi connectivity index (χ0v) is 29.1. The normalized spacial score (nSPS) is 27.5. The minimum absolute atomic E-state index is 0.394. The van der Waals surface area contributed by atoms with Gasteiger partial charge in [0.05, 0.1) is 18.1 Å². The van der Waals surface area contributed by atoms with Crippen LogP contribution in [-0.2, 0) is 33.4 Å². The number of ether oxygens (including phenoxy) is 2. The van der Waals surface area contributed by atoms with Gasteiger partial charge in [-0.2, -0.15) is 0 Å². The van der Waals surface area contributed by atoms with E-state index in [0.717, 1.165) is 26.2 Å². The molecule has 1 saturated heterocycles. The number of carbonyl (C=O) groups is 5. The van der Waals surface area contributed by atoms with Crippen LogP contribution in [-0.4, -0.2) is 82.9 Å². The first-order chi connectivity index (χ1) is 21.7. The molecule has 4 unspecified atom stereocenters. The van der Waals surface area contributed by atoms with E-state index in [9.17, 15) is 34.2 Å². The largest absolute Gasteiger partial charge is 0.463 e. The number of aliphatic hydroxyl groups excluding tert-OH is 2. The number of aliphatic hydroxyl groups is 2. The highest BCUT2D eigenvalue weighted by molar-refractivity contribution is 5.94. The first-order valence-corrected chi connectivity index (χ1v) is 17.3. The van der Waals surface area contributed by atoms with Crippen LogP contribution < -0.4 is 16.0 Å². The molecule has 266 valence electrons. The molecule has 0 aromatic carbocycles. The second-order valence-corrected chi connectivity index (χ2v) is 13.3. The van der Waals surface area contributed by atoms with Crippen molar-refractivity contribution in [3.8, 4) is 0 Å². The molecule has 0 aliphatic carbocycles. The molecule has 46 heavy (non-hydrogen) atoms. The lowest BCUT2D eigenvalue weighted by Crippen LogP contribution is -2.60. The molecule has 0 spiro atoms. The van der Waals surface area contributed by atoms with E-state index in [1.54, 1.807) is 20.8 Å². The third-order valence-corrected chi connectivity index (χ3v) is 8.77. The minimum Gasteiger partial charge on any atom is -0.463 e. The van der Waals surface area contributed by atoms with Crippen LogP contribution >= 0.6 is 0 Å². The fourth-order valence-electron chi connectivity index (χ4n) is 5.60. The van der Waals surface area contributed by atoms with Gasteiger partial charge in [-0.25, -0.2) is 4.79 Å². The third kappa shape index (κ3) is 14.8. The summed E-state index contributed by atoms with van der Waals surface area (Å²) in [6.45, 7) is 10.8. The summed E-state index contributed by atoms with van der Waals surface area (Å²) in [5, 5.41) is 29.2. The summed E-state index contributed by atoms with van der Waals surface area (Å²) in [6, 6.07) is -4.00. The Bertz CT molecular complexity index is 958. The summed E-state index contributed by atoms with van der Waals surface area (Å²) >= 11 is 0. The minimum atomic E-state index is -1.49. The molecule has 8 atom stereocenters. The Hall–Kier alpha value is -2.73. The van der Waals surface area contributed by atoms with Crippen molar-refractivity contribution in [2.24, 2.45) is 17.8 Å². The molecule has 1 rings (SSSR count). The second kappa shape index (κ2) is 22.0. The Morgan fingerprint density at radius 1 is 0.804 bits per heavy atom. The van der Waals surface area contributed by atoms with Gasteiger partial charge in [0.25, 0.3) is 0 Å². The van der Waals surface area contributed by atoms with Crippen molar-refractivity contribution in [3.05, 3.63) is 0 Å². The molecular formula is C34H61N3O9. The highest BCUT2D eigenvalue weighted by atomic mass is 16.6. The van der Waals surface area contributed by atoms with Gasteiger partial charge in [-0.05, 0) is 25.7 Å². The standard InChI is InChI=1S/C34H61N3O9/c1-8-9-10-11-12-13-14-15-16-17-18-19-27-22(4)30(40)23(5)31(41)36-28(21(2)3)32(42)37-29(24(6)38)33(43)35-26(34(44)46-27)20-45-25(7)39/h21-24,26-30,38,40H,8-20H2,1-7H3,(H,35,43)(H,36,41)(H,37,42)/t22?,23?,24-,26-,27?,28-,29+,30?/m0/s1. The van der Waals surface area contributed by atoms with E-state index in [1.807, 2.05) is 0 Å². The average Bonchev–Trinajstić information content (AvgIpc) is 3.00. The van der Waals surface area contributed by atoms with E-state index < -0.39 is 90.5 Å². The van der Waals surface area contributed by atoms with Crippen LogP contribution in [0.3, 0.4) is 0 Å². The topological polar surface area (TPSA) is 180 Å². The first kappa shape index (κ1) is 41.3. The number of carbonyl (C=O) groups excluding carboxylic acids is 5. The smallest absolute Gasteiger partial charge is 0.332 e. The van der Waals surface area contributed by atoms with Gasteiger partial charge in [0.1, 0.15) is 24.8 Å². The summed E-state index contributed by atoms with van der Waals surface area (Å²) in [5.41, 5.74) is 0. The van der Waals surface area contributed by atoms with Crippen LogP contribution in [0.4, 0.5) is 0 Å². The van der Waals surface area contributed by atoms with E-state index in [4.69, 9.17) is 9.47 Å². The van der Waals surface area contributed by atoms with Gasteiger partial charge in [0.2, 0.25) is 17.7 Å². The van der Waals surface area contributed by atoms with Crippen LogP contribution in [0.5, 0.6) is 0 Å². The number of rotatable bonds is 16. The zero-order chi connectivity index (χ0) is 34.8. The monoisotopic (exact) mass is 655 g/mol. The van der Waals surface area contributed by atoms with Gasteiger partial charge in [-0.3, -0.25) is 19.2 Å². The van der Waals surface area contributed by atoms with Crippen LogP contribution in [0.15, 0.2) is 0 Å². The summed E-state index contributed by atoms with van der Waals surface area (Å²) in [7, 11) is 0. The number of unbranched alkanes of at least 4 members (excludes halogenated alkanes) is 10. The molecule has 12 nitrogen and oxygen atoms in total. The Balaban J connectivity index is 3.19. The zero-order valence-electron chi connectivity index (χ0n) is 29.1. The first-order valence-electron chi connectivity index (χ1n) is 17.3. The van der Waals surface area contributed by atoms with Crippen molar-refractivity contribution in [1.82, 2.24) is 16.0 Å². The molecule has 0 aromatic heterocycles. The number of cyclic esters (lactones) is 1. The molecule has 1 heterocycles. The van der Waals surface area contributed by atoms with Crippen LogP contribution in [0.25, 0.3) is 0 Å². The summed E-state index contributed by atoms with van der Waals surface area (Å²) in [4.78, 5) is 64.8. The number of nitrogens with one attached hydrogen (secondary N) is 3. The lowest BCUT2D eigenvalue weighted by molar-refractivity contribution is -0.162. The van der Waals surface area contributed by atoms with Gasteiger partial charge in [-0.15, -0.1) is 0 Å². The van der Waals surface area contributed by atoms with E-state index >= 15 is 0 Å². The maximum Gasteiger partial charge on any atom is 0.332 e. The molecule has 1 aliphatic rings. The molecular weight excluding hydrogens is 594 g/mol. The predicted octanol–water partition coefficient (Wildman–Crippen LogP) is 3.30. The van der Waals surface area contributed by atoms with E-state index in [0.29, 0.717) is 12.8 Å². The lowest BCUT2D eigenvalue weighted by Gasteiger charge is -2.32. The average molecular weight is 656 g/mol. The quantitative estimate of drug-likeness (QED) is 0.123. The number of hydrogen-bond donors (Lipinski definition) is 5. The molecule has 0 aromatic rings. The molecule has 0 radical (unpaired) electrons. The highest BCUT2D eigenvalue weighted by Gasteiger charge is 2.39. The molecule has 12 heteroatoms. The van der Waals surface area contributed by atoms with Crippen LogP contribution in [0.2, 0.25) is 0 Å². The predicted molar refractivity (Wildman–Crippen MR) is 174 cm³/mol. The maximum absolute atomic E-state index is 13.5. The molecule has 1 fully saturated rings. The van der Waals surface area contributed by atoms with Crippen molar-refractivity contribution in [2.75, 3.05) is 6.61 Å². The number of esters is 2. The maximum atomic E-state index is 13.5. The van der Waals surface area contributed by atoms with Gasteiger partial charge >= 0.3 is 11.9 Å². The number of amides is 3. The van der Waals surface area contributed by atoms with E-state index in [2.05, 4.69) is 22.9 Å². The molecule has 3 amide bonds. The fourth-order valence-corrected chi connectivity index (χ4v) is 5.60. The van der Waals surface area contributed by atoms with Crippen molar-refractivity contribution >= 4 is 29.7 Å². The summed E-state index contributed by atoms with van der Waals surface area (Å²) < 4.78 is 10.9. The lowest BCUT2D eigenvalue weighted by atomic mass is 9.86. The molecule has 0 saturated carbocycles. The second-order valence-electron chi connectivity index (χ2n) is 13.3. The SMILES string of the molecule is CCCCCCCCCCCCCC1OC(=O)[C@H](COC(C)=O)NC(=O)[C@@H]([C@H](C)O)NC(=O)[C@H](C(C)C)NC(=O)C(C)C(O)C1C. The van der Waals surface area contributed by atoms with Gasteiger partial charge in [0.15, 0.2) is 6.04 Å². The number of hydrogen-bond acceptors (Lipinski definition) is 9. The van der Waals surface area contributed by atoms with Crippen LogP contribution in [0, 0.1) is 17.8 Å². The van der Waals surface area contributed by atoms with Crippen molar-refractivity contribution in [2.45, 2.75) is 162 Å². The molecule has 1 aliphatic heterocycles. The Labute approximate surface area is 275 Å². The van der Waals surface area contributed by atoms with Crippen molar-refractivity contribution < 1.29 is 43.7 Å². The molecule has 0 bridgehead atoms. The fraction of sp³-hybridized carbons (Fsp3) is 0.853. The Morgan fingerprint density at radius 2 is 1.30 bits per heavy atom. The summed E-state index contributed by atoms with van der Waals surface area (Å²) in [6.07, 6.45) is 9.49. The van der Waals surface area contributed by atoms with Crippen molar-refractivity contribution in [3.63, 3.8) is 0 Å². The summed E-state index contributed by atoms with van der Waals surface area (Å²) in [5.74, 6) is -5.81. The van der Waals surface area contributed by atoms with Crippen LogP contribution in [0.1, 0.15) is 126 Å². The van der Waals surface area contributed by atoms with E-state index in [-0.39, 0.29) is 0 Å².